The van der Waals surface area contributed by atoms with Crippen LogP contribution in [0.5, 0.6) is 0 Å². The fourth-order valence-corrected chi connectivity index (χ4v) is 2.98. The van der Waals surface area contributed by atoms with Crippen LogP contribution in [0.25, 0.3) is 0 Å². The van der Waals surface area contributed by atoms with Crippen molar-refractivity contribution in [2.24, 2.45) is 0 Å². The molecular weight excluding hydrogens is 383 g/mol. The first-order chi connectivity index (χ1) is 12.8. The molecule has 2 heterocycles. The molecule has 142 valence electrons. The fraction of sp³-hybridized carbons (Fsp3) is 0.278. The molecule has 0 radical (unpaired) electrons. The van der Waals surface area contributed by atoms with Gasteiger partial charge in [0.1, 0.15) is 5.69 Å². The van der Waals surface area contributed by atoms with Crippen LogP contribution in [0.1, 0.15) is 26.4 Å². The minimum Gasteiger partial charge on any atom is -0.335 e. The summed E-state index contributed by atoms with van der Waals surface area (Å²) in [5, 5.41) is 0.462. The van der Waals surface area contributed by atoms with Crippen molar-refractivity contribution in [1.29, 1.82) is 0 Å². The lowest BCUT2D eigenvalue weighted by molar-refractivity contribution is -0.141. The van der Waals surface area contributed by atoms with Gasteiger partial charge in [-0.2, -0.15) is 13.2 Å². The highest BCUT2D eigenvalue weighted by atomic mass is 35.5. The van der Waals surface area contributed by atoms with Gasteiger partial charge in [-0.25, -0.2) is 0 Å². The molecule has 1 fully saturated rings. The van der Waals surface area contributed by atoms with Crippen molar-refractivity contribution in [3.05, 3.63) is 64.4 Å². The van der Waals surface area contributed by atoms with E-state index < -0.39 is 17.8 Å². The van der Waals surface area contributed by atoms with E-state index in [1.165, 1.54) is 4.90 Å². The molecule has 0 spiro atoms. The van der Waals surface area contributed by atoms with Gasteiger partial charge in [-0.3, -0.25) is 14.6 Å². The molecule has 0 N–H and O–H groups in total. The Morgan fingerprint density at radius 3 is 2.00 bits per heavy atom. The number of hydrogen-bond acceptors (Lipinski definition) is 3. The van der Waals surface area contributed by atoms with Crippen LogP contribution >= 0.6 is 11.6 Å². The third-order valence-electron chi connectivity index (χ3n) is 4.23. The first kappa shape index (κ1) is 19.2. The minimum atomic E-state index is -4.55. The molecule has 9 heteroatoms. The Bertz CT molecular complexity index is 848. The molecule has 2 aromatic rings. The first-order valence-corrected chi connectivity index (χ1v) is 8.51. The molecule has 2 amide bonds. The van der Waals surface area contributed by atoms with Crippen LogP contribution in [0.2, 0.25) is 5.02 Å². The summed E-state index contributed by atoms with van der Waals surface area (Å²) in [5.41, 5.74) is -0.497. The number of nitrogens with zero attached hydrogens (tertiary/aromatic N) is 3. The summed E-state index contributed by atoms with van der Waals surface area (Å²) in [5.74, 6) is -0.591. The molecular formula is C18H15ClF3N3O2. The summed E-state index contributed by atoms with van der Waals surface area (Å²) < 4.78 is 37.7. The number of carbonyl (C=O) groups is 2. The highest BCUT2D eigenvalue weighted by Gasteiger charge is 2.33. The zero-order valence-electron chi connectivity index (χ0n) is 14.0. The van der Waals surface area contributed by atoms with E-state index in [1.54, 1.807) is 29.2 Å². The van der Waals surface area contributed by atoms with Crippen LogP contribution < -0.4 is 0 Å². The SMILES string of the molecule is O=C(c1ccc(C(F)(F)F)nc1)N1CCN(C(=O)c2cccc(Cl)c2)CC1. The quantitative estimate of drug-likeness (QED) is 0.781. The zero-order valence-corrected chi connectivity index (χ0v) is 14.8. The number of aromatic nitrogens is 1. The summed E-state index contributed by atoms with van der Waals surface area (Å²) in [6.45, 7) is 1.22. The maximum Gasteiger partial charge on any atom is 0.433 e. The standard InChI is InChI=1S/C18H15ClF3N3O2/c19-14-3-1-2-12(10-14)16(26)24-6-8-25(9-7-24)17(27)13-4-5-15(23-11-13)18(20,21)22/h1-5,10-11H,6-9H2. The lowest BCUT2D eigenvalue weighted by atomic mass is 10.1. The highest BCUT2D eigenvalue weighted by Crippen LogP contribution is 2.27. The Kier molecular flexibility index (Phi) is 5.36. The number of halogens is 4. The van der Waals surface area contributed by atoms with E-state index in [0.29, 0.717) is 23.7 Å². The highest BCUT2D eigenvalue weighted by molar-refractivity contribution is 6.30. The monoisotopic (exact) mass is 397 g/mol. The molecule has 27 heavy (non-hydrogen) atoms. The molecule has 1 aliphatic rings. The third-order valence-corrected chi connectivity index (χ3v) is 4.46. The molecule has 0 aliphatic carbocycles. The minimum absolute atomic E-state index is 0.0811. The fourth-order valence-electron chi connectivity index (χ4n) is 2.79. The van der Waals surface area contributed by atoms with Crippen molar-refractivity contribution >= 4 is 23.4 Å². The molecule has 0 bridgehead atoms. The summed E-state index contributed by atoms with van der Waals surface area (Å²) >= 11 is 5.90. The molecule has 0 unspecified atom stereocenters. The van der Waals surface area contributed by atoms with Crippen LogP contribution in [0.4, 0.5) is 13.2 Å². The Hall–Kier alpha value is -2.61. The predicted molar refractivity (Wildman–Crippen MR) is 92.5 cm³/mol. The van der Waals surface area contributed by atoms with Crippen molar-refractivity contribution in [1.82, 2.24) is 14.8 Å². The number of carbonyl (C=O) groups excluding carboxylic acids is 2. The normalized spacial score (nSPS) is 15.0. The molecule has 1 aliphatic heterocycles. The third kappa shape index (κ3) is 4.39. The van der Waals surface area contributed by atoms with Gasteiger partial charge in [0, 0.05) is 43.0 Å². The van der Waals surface area contributed by atoms with Gasteiger partial charge in [-0.15, -0.1) is 0 Å². The first-order valence-electron chi connectivity index (χ1n) is 8.13. The van der Waals surface area contributed by atoms with Gasteiger partial charge in [0.25, 0.3) is 11.8 Å². The summed E-state index contributed by atoms with van der Waals surface area (Å²) in [6.07, 6.45) is -3.62. The number of hydrogen-bond donors (Lipinski definition) is 0. The number of pyridine rings is 1. The second-order valence-corrected chi connectivity index (χ2v) is 6.46. The van der Waals surface area contributed by atoms with Crippen molar-refractivity contribution in [3.63, 3.8) is 0 Å². The smallest absolute Gasteiger partial charge is 0.335 e. The van der Waals surface area contributed by atoms with E-state index in [1.807, 2.05) is 0 Å². The van der Waals surface area contributed by atoms with Crippen LogP contribution in [0, 0.1) is 0 Å². The number of rotatable bonds is 2. The average molecular weight is 398 g/mol. The summed E-state index contributed by atoms with van der Waals surface area (Å²) in [6, 6.07) is 8.50. The number of piperazine rings is 1. The lowest BCUT2D eigenvalue weighted by Crippen LogP contribution is -2.50. The Balaban J connectivity index is 1.61. The van der Waals surface area contributed by atoms with Crippen molar-refractivity contribution in [2.45, 2.75) is 6.18 Å². The maximum atomic E-state index is 12.6. The molecule has 0 atom stereocenters. The second-order valence-electron chi connectivity index (χ2n) is 6.02. The van der Waals surface area contributed by atoms with Gasteiger partial charge in [-0.05, 0) is 30.3 Å². The number of amides is 2. The predicted octanol–water partition coefficient (Wildman–Crippen LogP) is 3.35. The van der Waals surface area contributed by atoms with Gasteiger partial charge in [0.15, 0.2) is 0 Å². The molecule has 1 aromatic heterocycles. The largest absolute Gasteiger partial charge is 0.433 e. The van der Waals surface area contributed by atoms with E-state index in [9.17, 15) is 22.8 Å². The van der Waals surface area contributed by atoms with E-state index >= 15 is 0 Å². The van der Waals surface area contributed by atoms with Crippen molar-refractivity contribution < 1.29 is 22.8 Å². The molecule has 5 nitrogen and oxygen atoms in total. The number of alkyl halides is 3. The van der Waals surface area contributed by atoms with E-state index in [0.717, 1.165) is 18.3 Å². The molecule has 1 aromatic carbocycles. The van der Waals surface area contributed by atoms with E-state index in [-0.39, 0.29) is 24.6 Å². The van der Waals surface area contributed by atoms with Crippen LogP contribution in [-0.4, -0.2) is 52.8 Å². The Morgan fingerprint density at radius 2 is 1.52 bits per heavy atom. The Morgan fingerprint density at radius 1 is 0.926 bits per heavy atom. The van der Waals surface area contributed by atoms with E-state index in [2.05, 4.69) is 4.98 Å². The topological polar surface area (TPSA) is 53.5 Å². The van der Waals surface area contributed by atoms with Crippen LogP contribution in [0.15, 0.2) is 42.6 Å². The van der Waals surface area contributed by atoms with Gasteiger partial charge >= 0.3 is 6.18 Å². The van der Waals surface area contributed by atoms with E-state index in [4.69, 9.17) is 11.6 Å². The maximum absolute atomic E-state index is 12.6. The van der Waals surface area contributed by atoms with Gasteiger partial charge in [0.2, 0.25) is 0 Å². The molecule has 1 saturated heterocycles. The average Bonchev–Trinajstić information content (AvgIpc) is 2.66. The number of benzene rings is 1. The summed E-state index contributed by atoms with van der Waals surface area (Å²) in [7, 11) is 0. The van der Waals surface area contributed by atoms with Gasteiger partial charge in [0.05, 0.1) is 5.56 Å². The molecule has 3 rings (SSSR count). The Labute approximate surface area is 158 Å². The summed E-state index contributed by atoms with van der Waals surface area (Å²) in [4.78, 5) is 31.3. The van der Waals surface area contributed by atoms with Crippen LogP contribution in [-0.2, 0) is 6.18 Å². The van der Waals surface area contributed by atoms with Gasteiger partial charge in [-0.1, -0.05) is 17.7 Å². The second kappa shape index (κ2) is 7.56. The zero-order chi connectivity index (χ0) is 19.6. The van der Waals surface area contributed by atoms with Crippen molar-refractivity contribution in [3.8, 4) is 0 Å². The lowest BCUT2D eigenvalue weighted by Gasteiger charge is -2.34. The molecule has 0 saturated carbocycles. The van der Waals surface area contributed by atoms with Gasteiger partial charge < -0.3 is 9.80 Å². The van der Waals surface area contributed by atoms with Crippen LogP contribution in [0.3, 0.4) is 0 Å². The van der Waals surface area contributed by atoms with Crippen molar-refractivity contribution in [2.75, 3.05) is 26.2 Å².